The number of carbonyl (C=O) groups is 1. The standard InChI is InChI=1S/C24H38N2O/c1-17(2)20-8-12-25(13-9-20)21-10-14-26(15-11-21)22-6-7-23(19(5)16-22)24(27)18(3)4/h6-7,16-18,20-21H,8-15H2,1-5H3. The number of aryl methyl sites for hydroxylation is 1. The van der Waals surface area contributed by atoms with Gasteiger partial charge in [0.05, 0.1) is 0 Å². The van der Waals surface area contributed by atoms with Gasteiger partial charge in [0.15, 0.2) is 5.78 Å². The van der Waals surface area contributed by atoms with E-state index in [2.05, 4.69) is 42.7 Å². The Morgan fingerprint density at radius 1 is 0.963 bits per heavy atom. The lowest BCUT2D eigenvalue weighted by atomic mass is 9.85. The third-order valence-corrected chi connectivity index (χ3v) is 6.86. The molecule has 3 rings (SSSR count). The van der Waals surface area contributed by atoms with E-state index in [1.165, 1.54) is 44.5 Å². The second kappa shape index (κ2) is 8.77. The van der Waals surface area contributed by atoms with E-state index < -0.39 is 0 Å². The first-order valence-corrected chi connectivity index (χ1v) is 11.0. The van der Waals surface area contributed by atoms with Crippen molar-refractivity contribution in [2.75, 3.05) is 31.1 Å². The van der Waals surface area contributed by atoms with Crippen molar-refractivity contribution in [2.45, 2.75) is 66.3 Å². The SMILES string of the molecule is Cc1cc(N2CCC(N3CCC(C(C)C)CC3)CC2)ccc1C(=O)C(C)C. The lowest BCUT2D eigenvalue weighted by Crippen LogP contribution is -2.48. The van der Waals surface area contributed by atoms with Crippen LogP contribution in [0.3, 0.4) is 0 Å². The molecular weight excluding hydrogens is 332 g/mol. The Balaban J connectivity index is 1.55. The van der Waals surface area contributed by atoms with Crippen LogP contribution in [0.25, 0.3) is 0 Å². The van der Waals surface area contributed by atoms with E-state index in [0.717, 1.165) is 42.1 Å². The Morgan fingerprint density at radius 3 is 2.11 bits per heavy atom. The molecule has 2 heterocycles. The highest BCUT2D eigenvalue weighted by atomic mass is 16.1. The highest BCUT2D eigenvalue weighted by molar-refractivity contribution is 5.99. The van der Waals surface area contributed by atoms with Gasteiger partial charge in [-0.3, -0.25) is 4.79 Å². The topological polar surface area (TPSA) is 23.6 Å². The number of nitrogens with zero attached hydrogens (tertiary/aromatic N) is 2. The second-order valence-corrected chi connectivity index (χ2v) is 9.35. The summed E-state index contributed by atoms with van der Waals surface area (Å²) in [6.07, 6.45) is 5.28. The average Bonchev–Trinajstić information content (AvgIpc) is 2.67. The van der Waals surface area contributed by atoms with Gasteiger partial charge in [0.1, 0.15) is 0 Å². The van der Waals surface area contributed by atoms with Gasteiger partial charge in [-0.05, 0) is 81.3 Å². The van der Waals surface area contributed by atoms with Crippen molar-refractivity contribution >= 4 is 11.5 Å². The highest BCUT2D eigenvalue weighted by Crippen LogP contribution is 2.30. The quantitative estimate of drug-likeness (QED) is 0.668. The summed E-state index contributed by atoms with van der Waals surface area (Å²) in [4.78, 5) is 17.6. The average molecular weight is 371 g/mol. The summed E-state index contributed by atoms with van der Waals surface area (Å²) in [5, 5.41) is 0. The first kappa shape index (κ1) is 20.4. The predicted octanol–water partition coefficient (Wildman–Crippen LogP) is 5.17. The predicted molar refractivity (Wildman–Crippen MR) is 115 cm³/mol. The van der Waals surface area contributed by atoms with Crippen molar-refractivity contribution in [3.05, 3.63) is 29.3 Å². The molecule has 2 aliphatic rings. The number of piperidine rings is 2. The fourth-order valence-corrected chi connectivity index (χ4v) is 4.87. The number of likely N-dealkylation sites (tertiary alicyclic amines) is 1. The van der Waals surface area contributed by atoms with Crippen LogP contribution in [0.5, 0.6) is 0 Å². The van der Waals surface area contributed by atoms with Crippen LogP contribution in [0.15, 0.2) is 18.2 Å². The Kier molecular flexibility index (Phi) is 6.62. The minimum atomic E-state index is 0.0603. The van der Waals surface area contributed by atoms with Crippen molar-refractivity contribution < 1.29 is 4.79 Å². The second-order valence-electron chi connectivity index (χ2n) is 9.35. The Morgan fingerprint density at radius 2 is 1.59 bits per heavy atom. The van der Waals surface area contributed by atoms with Crippen LogP contribution < -0.4 is 4.90 Å². The van der Waals surface area contributed by atoms with Gasteiger partial charge in [0.2, 0.25) is 0 Å². The number of benzene rings is 1. The number of anilines is 1. The van der Waals surface area contributed by atoms with Gasteiger partial charge in [-0.15, -0.1) is 0 Å². The molecule has 0 saturated carbocycles. The zero-order valence-electron chi connectivity index (χ0n) is 18.0. The Labute approximate surface area is 166 Å². The molecule has 0 atom stereocenters. The van der Waals surface area contributed by atoms with Crippen LogP contribution in [0.4, 0.5) is 5.69 Å². The minimum absolute atomic E-state index is 0.0603. The van der Waals surface area contributed by atoms with Crippen LogP contribution in [0.2, 0.25) is 0 Å². The van der Waals surface area contributed by atoms with Crippen molar-refractivity contribution in [1.29, 1.82) is 0 Å². The number of ketones is 1. The molecule has 0 spiro atoms. The van der Waals surface area contributed by atoms with Gasteiger partial charge in [0, 0.05) is 36.3 Å². The molecular formula is C24H38N2O. The summed E-state index contributed by atoms with van der Waals surface area (Å²) in [6, 6.07) is 7.16. The Hall–Kier alpha value is -1.35. The van der Waals surface area contributed by atoms with Crippen LogP contribution in [-0.4, -0.2) is 42.9 Å². The molecule has 3 nitrogen and oxygen atoms in total. The molecule has 3 heteroatoms. The van der Waals surface area contributed by atoms with E-state index in [1.807, 2.05) is 19.9 Å². The number of rotatable bonds is 5. The molecule has 0 aromatic heterocycles. The molecule has 2 saturated heterocycles. The summed E-state index contributed by atoms with van der Waals surface area (Å²) in [7, 11) is 0. The molecule has 0 unspecified atom stereocenters. The zero-order valence-corrected chi connectivity index (χ0v) is 18.0. The van der Waals surface area contributed by atoms with Gasteiger partial charge < -0.3 is 9.80 Å². The Bertz CT molecular complexity index is 636. The molecule has 0 radical (unpaired) electrons. The molecule has 2 aliphatic heterocycles. The van der Waals surface area contributed by atoms with Gasteiger partial charge >= 0.3 is 0 Å². The van der Waals surface area contributed by atoms with Gasteiger partial charge in [-0.2, -0.15) is 0 Å². The minimum Gasteiger partial charge on any atom is -0.371 e. The summed E-state index contributed by atoms with van der Waals surface area (Å²) in [5.41, 5.74) is 3.28. The van der Waals surface area contributed by atoms with Crippen LogP contribution in [0, 0.1) is 24.7 Å². The lowest BCUT2D eigenvalue weighted by molar-refractivity contribution is 0.0939. The molecule has 0 bridgehead atoms. The summed E-state index contributed by atoms with van der Waals surface area (Å²) in [5.74, 6) is 2.08. The smallest absolute Gasteiger partial charge is 0.165 e. The first-order chi connectivity index (χ1) is 12.9. The fraction of sp³-hybridized carbons (Fsp3) is 0.708. The van der Waals surface area contributed by atoms with Gasteiger partial charge in [-0.25, -0.2) is 0 Å². The third kappa shape index (κ3) is 4.74. The summed E-state index contributed by atoms with van der Waals surface area (Å²) >= 11 is 0. The lowest BCUT2D eigenvalue weighted by Gasteiger charge is -2.43. The monoisotopic (exact) mass is 370 g/mol. The van der Waals surface area contributed by atoms with E-state index >= 15 is 0 Å². The number of carbonyl (C=O) groups excluding carboxylic acids is 1. The molecule has 1 aromatic carbocycles. The molecule has 0 amide bonds. The third-order valence-electron chi connectivity index (χ3n) is 6.86. The summed E-state index contributed by atoms with van der Waals surface area (Å²) in [6.45, 7) is 15.6. The van der Waals surface area contributed by atoms with E-state index in [1.54, 1.807) is 0 Å². The fourth-order valence-electron chi connectivity index (χ4n) is 4.87. The van der Waals surface area contributed by atoms with Crippen LogP contribution in [-0.2, 0) is 0 Å². The molecule has 1 aromatic rings. The molecule has 2 fully saturated rings. The number of hydrogen-bond acceptors (Lipinski definition) is 3. The molecule has 0 aliphatic carbocycles. The number of Topliss-reactive ketones (excluding diaryl/α,β-unsaturated/α-hetero) is 1. The van der Waals surface area contributed by atoms with Gasteiger partial charge in [-0.1, -0.05) is 27.7 Å². The van der Waals surface area contributed by atoms with Gasteiger partial charge in [0.25, 0.3) is 0 Å². The van der Waals surface area contributed by atoms with Crippen molar-refractivity contribution in [3.8, 4) is 0 Å². The van der Waals surface area contributed by atoms with E-state index in [0.29, 0.717) is 0 Å². The van der Waals surface area contributed by atoms with Crippen molar-refractivity contribution in [2.24, 2.45) is 17.8 Å². The first-order valence-electron chi connectivity index (χ1n) is 11.0. The highest BCUT2D eigenvalue weighted by Gasteiger charge is 2.29. The largest absolute Gasteiger partial charge is 0.371 e. The molecule has 27 heavy (non-hydrogen) atoms. The van der Waals surface area contributed by atoms with E-state index in [4.69, 9.17) is 0 Å². The maximum atomic E-state index is 12.3. The van der Waals surface area contributed by atoms with E-state index in [9.17, 15) is 4.79 Å². The van der Waals surface area contributed by atoms with Crippen LogP contribution >= 0.6 is 0 Å². The molecule has 0 N–H and O–H groups in total. The van der Waals surface area contributed by atoms with Crippen LogP contribution in [0.1, 0.15) is 69.3 Å². The summed E-state index contributed by atoms with van der Waals surface area (Å²) < 4.78 is 0. The maximum Gasteiger partial charge on any atom is 0.165 e. The zero-order chi connectivity index (χ0) is 19.6. The maximum absolute atomic E-state index is 12.3. The van der Waals surface area contributed by atoms with Crippen molar-refractivity contribution in [1.82, 2.24) is 4.90 Å². The molecule has 150 valence electrons. The number of hydrogen-bond donors (Lipinski definition) is 0. The van der Waals surface area contributed by atoms with E-state index in [-0.39, 0.29) is 11.7 Å². The normalized spacial score (nSPS) is 20.6. The van der Waals surface area contributed by atoms with Crippen molar-refractivity contribution in [3.63, 3.8) is 0 Å².